The molecule has 0 aliphatic carbocycles. The maximum Gasteiger partial charge on any atom is 0.361 e. The first kappa shape index (κ1) is 12.5. The zero-order chi connectivity index (χ0) is 12.3. The molecule has 0 fully saturated rings. The van der Waals surface area contributed by atoms with Crippen LogP contribution in [0.2, 0.25) is 5.15 Å². The van der Waals surface area contributed by atoms with Crippen LogP contribution in [0.3, 0.4) is 0 Å². The Morgan fingerprint density at radius 2 is 2.06 bits per heavy atom. The number of hydrogen-bond acceptors (Lipinski definition) is 6. The quantitative estimate of drug-likeness (QED) is 0.359. The van der Waals surface area contributed by atoms with Crippen molar-refractivity contribution < 1.29 is 10.2 Å². The number of amides is 1. The Morgan fingerprint density at radius 1 is 1.44 bits per heavy atom. The standard InChI is InChI=1S/C7H9ClN6OS/c1-16-7(11)14-6(15)2-4(9)13-5(10)3(8)12-2/h1H3,(H4,9,10,13)(H2,11,14,15)/p+1. The second-order valence-corrected chi connectivity index (χ2v) is 3.86. The van der Waals surface area contributed by atoms with Crippen molar-refractivity contribution in [3.8, 4) is 0 Å². The van der Waals surface area contributed by atoms with Crippen molar-refractivity contribution >= 4 is 46.1 Å². The molecule has 0 aliphatic rings. The molecule has 7 N–H and O–H groups in total. The molecule has 1 aromatic rings. The monoisotopic (exact) mass is 261 g/mol. The lowest BCUT2D eigenvalue weighted by atomic mass is 10.4. The van der Waals surface area contributed by atoms with Gasteiger partial charge in [-0.1, -0.05) is 11.6 Å². The molecular weight excluding hydrogens is 252 g/mol. The van der Waals surface area contributed by atoms with E-state index in [1.807, 2.05) is 0 Å². The average Bonchev–Trinajstić information content (AvgIpc) is 2.23. The van der Waals surface area contributed by atoms with Gasteiger partial charge in [-0.3, -0.25) is 5.41 Å². The Bertz CT molecular complexity index is 451. The van der Waals surface area contributed by atoms with Crippen molar-refractivity contribution in [3.63, 3.8) is 0 Å². The Balaban J connectivity index is 3.00. The third-order valence-electron chi connectivity index (χ3n) is 1.58. The van der Waals surface area contributed by atoms with Crippen molar-refractivity contribution in [1.29, 1.82) is 0 Å². The van der Waals surface area contributed by atoms with Crippen LogP contribution < -0.4 is 22.2 Å². The molecule has 7 nitrogen and oxygen atoms in total. The average molecular weight is 262 g/mol. The van der Waals surface area contributed by atoms with Gasteiger partial charge in [-0.05, 0) is 18.0 Å². The normalized spacial score (nSPS) is 9.88. The number of nitrogens with zero attached hydrogens (tertiary/aromatic N) is 2. The minimum absolute atomic E-state index is 0.0301. The second-order valence-electron chi connectivity index (χ2n) is 2.66. The lowest BCUT2D eigenvalue weighted by Gasteiger charge is -2.03. The van der Waals surface area contributed by atoms with Gasteiger partial charge in [0, 0.05) is 0 Å². The number of nitrogens with one attached hydrogen (secondary N) is 1. The van der Waals surface area contributed by atoms with Gasteiger partial charge < -0.3 is 11.5 Å². The number of carbonyl (C=O) groups excluding carboxylic acids is 1. The highest BCUT2D eigenvalue weighted by molar-refractivity contribution is 8.13. The number of carbonyl (C=O) groups is 1. The summed E-state index contributed by atoms with van der Waals surface area (Å²) in [5.41, 5.74) is 10.7. The predicted molar refractivity (Wildman–Crippen MR) is 63.8 cm³/mol. The number of hydrogen-bond donors (Lipinski definition) is 4. The summed E-state index contributed by atoms with van der Waals surface area (Å²) >= 11 is 6.80. The molecule has 0 spiro atoms. The summed E-state index contributed by atoms with van der Waals surface area (Å²) in [6.07, 6.45) is 1.71. The predicted octanol–water partition coefficient (Wildman–Crippen LogP) is -1.50. The maximum absolute atomic E-state index is 11.6. The van der Waals surface area contributed by atoms with E-state index in [1.54, 1.807) is 6.26 Å². The van der Waals surface area contributed by atoms with E-state index < -0.39 is 5.91 Å². The summed E-state index contributed by atoms with van der Waals surface area (Å²) in [6, 6.07) is 0. The lowest BCUT2D eigenvalue weighted by Crippen LogP contribution is -2.49. The Morgan fingerprint density at radius 3 is 2.62 bits per heavy atom. The summed E-state index contributed by atoms with van der Waals surface area (Å²) < 4.78 is 0. The smallest absolute Gasteiger partial charge is 0.361 e. The van der Waals surface area contributed by atoms with Crippen LogP contribution in [-0.2, 0) is 0 Å². The third-order valence-corrected chi connectivity index (χ3v) is 2.40. The van der Waals surface area contributed by atoms with E-state index in [1.165, 1.54) is 11.8 Å². The molecule has 1 amide bonds. The van der Waals surface area contributed by atoms with E-state index in [0.29, 0.717) is 0 Å². The topological polar surface area (TPSA) is 133 Å². The van der Waals surface area contributed by atoms with E-state index in [2.05, 4.69) is 15.3 Å². The molecule has 0 atom stereocenters. The number of amidine groups is 1. The van der Waals surface area contributed by atoms with Crippen LogP contribution in [0.5, 0.6) is 0 Å². The maximum atomic E-state index is 11.6. The first-order valence-electron chi connectivity index (χ1n) is 4.02. The lowest BCUT2D eigenvalue weighted by molar-refractivity contribution is -0.111. The SMILES string of the molecule is CSC(=[NH2+])NC(=O)c1nc(Cl)c(N)nc1N. The first-order chi connectivity index (χ1) is 7.45. The number of rotatable bonds is 1. The molecule has 0 radical (unpaired) electrons. The number of nitrogen functional groups attached to an aromatic ring is 2. The van der Waals surface area contributed by atoms with Gasteiger partial charge in [0.05, 0.1) is 0 Å². The molecule has 0 unspecified atom stereocenters. The minimum atomic E-state index is -0.584. The first-order valence-corrected chi connectivity index (χ1v) is 5.62. The molecule has 1 aromatic heterocycles. The molecule has 9 heteroatoms. The van der Waals surface area contributed by atoms with Gasteiger partial charge >= 0.3 is 11.1 Å². The summed E-state index contributed by atoms with van der Waals surface area (Å²) in [5.74, 6) is -0.718. The Kier molecular flexibility index (Phi) is 3.91. The fourth-order valence-corrected chi connectivity index (χ4v) is 1.15. The zero-order valence-electron chi connectivity index (χ0n) is 8.32. The molecule has 0 aliphatic heterocycles. The molecule has 0 saturated carbocycles. The molecule has 1 heterocycles. The van der Waals surface area contributed by atoms with Gasteiger partial charge in [0.25, 0.3) is 0 Å². The Labute approximate surface area is 100 Å². The number of aromatic nitrogens is 2. The zero-order valence-corrected chi connectivity index (χ0v) is 9.89. The third kappa shape index (κ3) is 2.74. The van der Waals surface area contributed by atoms with Crippen molar-refractivity contribution in [3.05, 3.63) is 10.8 Å². The molecular formula is C7H10ClN6OS+. The summed E-state index contributed by atoms with van der Waals surface area (Å²) in [7, 11) is 0. The number of thioether (sulfide) groups is 1. The highest BCUT2D eigenvalue weighted by Gasteiger charge is 2.20. The van der Waals surface area contributed by atoms with E-state index in [4.69, 9.17) is 28.5 Å². The van der Waals surface area contributed by atoms with Gasteiger partial charge in [0.15, 0.2) is 22.5 Å². The van der Waals surface area contributed by atoms with Crippen LogP contribution in [0.15, 0.2) is 0 Å². The van der Waals surface area contributed by atoms with Crippen LogP contribution in [-0.4, -0.2) is 27.3 Å². The van der Waals surface area contributed by atoms with E-state index in [0.717, 1.165) is 0 Å². The second kappa shape index (κ2) is 4.99. The molecule has 0 aromatic carbocycles. The summed E-state index contributed by atoms with van der Waals surface area (Å²) in [5, 5.41) is 7.94. The van der Waals surface area contributed by atoms with Crippen molar-refractivity contribution in [2.45, 2.75) is 0 Å². The van der Waals surface area contributed by atoms with Crippen molar-refractivity contribution in [2.24, 2.45) is 0 Å². The molecule has 1 rings (SSSR count). The minimum Gasteiger partial charge on any atom is -0.382 e. The van der Waals surface area contributed by atoms with Crippen LogP contribution in [0.1, 0.15) is 10.5 Å². The largest absolute Gasteiger partial charge is 0.382 e. The van der Waals surface area contributed by atoms with Gasteiger partial charge in [-0.25, -0.2) is 14.8 Å². The van der Waals surface area contributed by atoms with Crippen molar-refractivity contribution in [1.82, 2.24) is 15.3 Å². The van der Waals surface area contributed by atoms with Gasteiger partial charge in [0.2, 0.25) is 0 Å². The van der Waals surface area contributed by atoms with Crippen LogP contribution in [0, 0.1) is 0 Å². The molecule has 0 saturated heterocycles. The highest BCUT2D eigenvalue weighted by atomic mass is 35.5. The molecule has 16 heavy (non-hydrogen) atoms. The number of halogens is 1. The fraction of sp³-hybridized carbons (Fsp3) is 0.143. The van der Waals surface area contributed by atoms with Crippen LogP contribution in [0.25, 0.3) is 0 Å². The van der Waals surface area contributed by atoms with Crippen molar-refractivity contribution in [2.75, 3.05) is 17.7 Å². The highest BCUT2D eigenvalue weighted by Crippen LogP contribution is 2.17. The van der Waals surface area contributed by atoms with E-state index in [9.17, 15) is 4.79 Å². The molecule has 0 bridgehead atoms. The van der Waals surface area contributed by atoms with Crippen LogP contribution >= 0.6 is 23.4 Å². The fourth-order valence-electron chi connectivity index (χ4n) is 0.831. The number of nitrogens with two attached hydrogens (primary N) is 3. The number of anilines is 2. The van der Waals surface area contributed by atoms with E-state index >= 15 is 0 Å². The van der Waals surface area contributed by atoms with Gasteiger partial charge in [-0.2, -0.15) is 5.32 Å². The van der Waals surface area contributed by atoms with E-state index in [-0.39, 0.29) is 27.7 Å². The van der Waals surface area contributed by atoms with Gasteiger partial charge in [0.1, 0.15) is 0 Å². The summed E-state index contributed by atoms with van der Waals surface area (Å²) in [4.78, 5) is 19.0. The summed E-state index contributed by atoms with van der Waals surface area (Å²) in [6.45, 7) is 0. The van der Waals surface area contributed by atoms with Crippen LogP contribution in [0.4, 0.5) is 11.6 Å². The van der Waals surface area contributed by atoms with Gasteiger partial charge in [-0.15, -0.1) is 0 Å². The molecule has 86 valence electrons. The Hall–Kier alpha value is -1.54.